The van der Waals surface area contributed by atoms with Crippen molar-refractivity contribution >= 4 is 5.91 Å². The summed E-state index contributed by atoms with van der Waals surface area (Å²) in [7, 11) is 0. The van der Waals surface area contributed by atoms with Crippen molar-refractivity contribution in [3.8, 4) is 11.3 Å². The molecule has 0 bridgehead atoms. The number of hydrogen-bond acceptors (Lipinski definition) is 3. The Morgan fingerprint density at radius 2 is 2.00 bits per heavy atom. The number of amides is 1. The van der Waals surface area contributed by atoms with Crippen LogP contribution < -0.4 is 5.73 Å². The van der Waals surface area contributed by atoms with Gasteiger partial charge in [-0.3, -0.25) is 14.8 Å². The van der Waals surface area contributed by atoms with Crippen LogP contribution in [0.3, 0.4) is 0 Å². The van der Waals surface area contributed by atoms with Crippen molar-refractivity contribution in [2.45, 2.75) is 0 Å². The van der Waals surface area contributed by atoms with Crippen LogP contribution in [0.4, 0.5) is 0 Å². The maximum Gasteiger partial charge on any atom is 0.249 e. The van der Waals surface area contributed by atoms with E-state index >= 15 is 0 Å². The first-order chi connectivity index (χ1) is 7.29. The number of nitrogens with zero attached hydrogens (tertiary/aromatic N) is 2. The third kappa shape index (κ3) is 1.83. The van der Waals surface area contributed by atoms with Crippen molar-refractivity contribution in [3.63, 3.8) is 0 Å². The van der Waals surface area contributed by atoms with Gasteiger partial charge in [-0.25, -0.2) is 0 Å². The van der Waals surface area contributed by atoms with Gasteiger partial charge in [-0.05, 0) is 6.07 Å². The van der Waals surface area contributed by atoms with Crippen LogP contribution in [0.25, 0.3) is 11.3 Å². The molecule has 0 aliphatic rings. The average Bonchev–Trinajstić information content (AvgIpc) is 2.30. The third-order valence-electron chi connectivity index (χ3n) is 2.03. The fourth-order valence-electron chi connectivity index (χ4n) is 1.36. The second-order valence-corrected chi connectivity index (χ2v) is 3.00. The normalized spacial score (nSPS) is 9.87. The van der Waals surface area contributed by atoms with E-state index < -0.39 is 5.91 Å². The van der Waals surface area contributed by atoms with Crippen LogP contribution in [0.2, 0.25) is 0 Å². The summed E-state index contributed by atoms with van der Waals surface area (Å²) >= 11 is 0. The van der Waals surface area contributed by atoms with E-state index in [-0.39, 0.29) is 0 Å². The van der Waals surface area contributed by atoms with Gasteiger partial charge in [0.1, 0.15) is 0 Å². The predicted octanol–water partition coefficient (Wildman–Crippen LogP) is 1.24. The second kappa shape index (κ2) is 3.88. The molecular weight excluding hydrogens is 190 g/mol. The van der Waals surface area contributed by atoms with Crippen molar-refractivity contribution in [2.24, 2.45) is 5.73 Å². The maximum atomic E-state index is 11.2. The minimum Gasteiger partial charge on any atom is -0.366 e. The van der Waals surface area contributed by atoms with E-state index in [2.05, 4.69) is 9.97 Å². The molecule has 0 spiro atoms. The topological polar surface area (TPSA) is 68.9 Å². The lowest BCUT2D eigenvalue weighted by Crippen LogP contribution is -2.12. The summed E-state index contributed by atoms with van der Waals surface area (Å²) in [4.78, 5) is 19.2. The van der Waals surface area contributed by atoms with Gasteiger partial charge in [0, 0.05) is 23.5 Å². The van der Waals surface area contributed by atoms with Crippen molar-refractivity contribution in [2.75, 3.05) is 0 Å². The van der Waals surface area contributed by atoms with E-state index in [0.29, 0.717) is 16.8 Å². The van der Waals surface area contributed by atoms with E-state index in [1.54, 1.807) is 36.8 Å². The first-order valence-electron chi connectivity index (χ1n) is 4.44. The molecule has 15 heavy (non-hydrogen) atoms. The lowest BCUT2D eigenvalue weighted by molar-refractivity contribution is 0.100. The molecule has 1 aromatic heterocycles. The van der Waals surface area contributed by atoms with E-state index in [1.165, 1.54) is 0 Å². The Labute approximate surface area is 86.8 Å². The molecule has 2 N–H and O–H groups in total. The highest BCUT2D eigenvalue weighted by molar-refractivity contribution is 5.99. The van der Waals surface area contributed by atoms with Gasteiger partial charge < -0.3 is 5.73 Å². The van der Waals surface area contributed by atoms with Gasteiger partial charge in [0.25, 0.3) is 0 Å². The fourth-order valence-corrected chi connectivity index (χ4v) is 1.36. The monoisotopic (exact) mass is 199 g/mol. The number of aromatic nitrogens is 2. The van der Waals surface area contributed by atoms with Crippen molar-refractivity contribution in [3.05, 3.63) is 48.4 Å². The van der Waals surface area contributed by atoms with Gasteiger partial charge >= 0.3 is 0 Å². The summed E-state index contributed by atoms with van der Waals surface area (Å²) < 4.78 is 0. The Kier molecular flexibility index (Phi) is 2.41. The lowest BCUT2D eigenvalue weighted by atomic mass is 10.0. The van der Waals surface area contributed by atoms with Crippen LogP contribution in [0.1, 0.15) is 10.4 Å². The molecule has 1 aromatic carbocycles. The van der Waals surface area contributed by atoms with Gasteiger partial charge in [0.2, 0.25) is 5.91 Å². The zero-order valence-corrected chi connectivity index (χ0v) is 7.92. The summed E-state index contributed by atoms with van der Waals surface area (Å²) in [5, 5.41) is 0. The van der Waals surface area contributed by atoms with Crippen LogP contribution >= 0.6 is 0 Å². The molecule has 0 aliphatic heterocycles. The molecule has 0 unspecified atom stereocenters. The number of carbonyl (C=O) groups excluding carboxylic acids is 1. The summed E-state index contributed by atoms with van der Waals surface area (Å²) in [5.74, 6) is -0.462. The highest BCUT2D eigenvalue weighted by Gasteiger charge is 2.09. The van der Waals surface area contributed by atoms with Crippen molar-refractivity contribution in [1.82, 2.24) is 9.97 Å². The molecule has 1 heterocycles. The largest absolute Gasteiger partial charge is 0.366 e. The molecule has 0 saturated carbocycles. The molecule has 2 aromatic rings. The second-order valence-electron chi connectivity index (χ2n) is 3.00. The number of rotatable bonds is 2. The minimum atomic E-state index is -0.462. The number of benzene rings is 1. The van der Waals surface area contributed by atoms with E-state index in [0.717, 1.165) is 0 Å². The molecule has 0 aliphatic carbocycles. The van der Waals surface area contributed by atoms with Crippen LogP contribution in [-0.2, 0) is 0 Å². The third-order valence-corrected chi connectivity index (χ3v) is 2.03. The Hall–Kier alpha value is -2.23. The lowest BCUT2D eigenvalue weighted by Gasteiger charge is -2.04. The van der Waals surface area contributed by atoms with Gasteiger partial charge in [-0.2, -0.15) is 0 Å². The molecule has 0 atom stereocenters. The number of nitrogens with two attached hydrogens (primary N) is 1. The van der Waals surface area contributed by atoms with Crippen LogP contribution in [-0.4, -0.2) is 15.9 Å². The smallest absolute Gasteiger partial charge is 0.249 e. The van der Waals surface area contributed by atoms with Gasteiger partial charge in [-0.15, -0.1) is 0 Å². The molecule has 0 saturated heterocycles. The van der Waals surface area contributed by atoms with Gasteiger partial charge in [-0.1, -0.05) is 18.2 Å². The Morgan fingerprint density at radius 3 is 2.67 bits per heavy atom. The fraction of sp³-hybridized carbons (Fsp3) is 0. The molecular formula is C11H9N3O. The quantitative estimate of drug-likeness (QED) is 0.791. The van der Waals surface area contributed by atoms with Crippen LogP contribution in [0, 0.1) is 0 Å². The Morgan fingerprint density at radius 1 is 1.20 bits per heavy atom. The SMILES string of the molecule is NC(=O)c1ccccc1-c1cnccn1. The summed E-state index contributed by atoms with van der Waals surface area (Å²) in [6.45, 7) is 0. The highest BCUT2D eigenvalue weighted by atomic mass is 16.1. The standard InChI is InChI=1S/C11H9N3O/c12-11(15)9-4-2-1-3-8(9)10-7-13-5-6-14-10/h1-7H,(H2,12,15). The Balaban J connectivity index is 2.58. The van der Waals surface area contributed by atoms with E-state index in [4.69, 9.17) is 5.73 Å². The van der Waals surface area contributed by atoms with Crippen molar-refractivity contribution in [1.29, 1.82) is 0 Å². The number of hydrogen-bond donors (Lipinski definition) is 1. The van der Waals surface area contributed by atoms with E-state index in [1.807, 2.05) is 6.07 Å². The Bertz CT molecular complexity index is 482. The predicted molar refractivity (Wildman–Crippen MR) is 56.0 cm³/mol. The van der Waals surface area contributed by atoms with Gasteiger partial charge in [0.05, 0.1) is 11.9 Å². The molecule has 74 valence electrons. The molecule has 1 amide bonds. The summed E-state index contributed by atoms with van der Waals surface area (Å²) in [6.07, 6.45) is 4.76. The molecule has 0 radical (unpaired) electrons. The zero-order valence-electron chi connectivity index (χ0n) is 7.92. The summed E-state index contributed by atoms with van der Waals surface area (Å²) in [5.41, 5.74) is 7.07. The average molecular weight is 199 g/mol. The number of primary amides is 1. The first kappa shape index (κ1) is 9.33. The molecule has 0 fully saturated rings. The minimum absolute atomic E-state index is 0.456. The summed E-state index contributed by atoms with van der Waals surface area (Å²) in [6, 6.07) is 7.06. The van der Waals surface area contributed by atoms with Gasteiger partial charge in [0.15, 0.2) is 0 Å². The maximum absolute atomic E-state index is 11.2. The van der Waals surface area contributed by atoms with E-state index in [9.17, 15) is 4.79 Å². The molecule has 4 heteroatoms. The van der Waals surface area contributed by atoms with Crippen LogP contribution in [0.5, 0.6) is 0 Å². The first-order valence-corrected chi connectivity index (χ1v) is 4.44. The van der Waals surface area contributed by atoms with Crippen molar-refractivity contribution < 1.29 is 4.79 Å². The zero-order chi connectivity index (χ0) is 10.7. The number of carbonyl (C=O) groups is 1. The van der Waals surface area contributed by atoms with Crippen LogP contribution in [0.15, 0.2) is 42.9 Å². The highest BCUT2D eigenvalue weighted by Crippen LogP contribution is 2.19. The molecule has 4 nitrogen and oxygen atoms in total. The molecule has 2 rings (SSSR count).